The van der Waals surface area contributed by atoms with Crippen molar-refractivity contribution in [2.45, 2.75) is 39.0 Å². The molecule has 1 unspecified atom stereocenters. The summed E-state index contributed by atoms with van der Waals surface area (Å²) in [6.45, 7) is 3.36. The summed E-state index contributed by atoms with van der Waals surface area (Å²) in [6.07, 6.45) is 6.17. The Morgan fingerprint density at radius 1 is 1.22 bits per heavy atom. The molecular weight excluding hydrogens is 222 g/mol. The molecule has 1 aromatic carbocycles. The number of aliphatic hydroxyl groups is 1. The van der Waals surface area contributed by atoms with Crippen LogP contribution in [0.4, 0.5) is 5.69 Å². The van der Waals surface area contributed by atoms with Crippen molar-refractivity contribution in [3.8, 4) is 0 Å². The number of nitrogens with zero attached hydrogens (tertiary/aromatic N) is 1. The molecule has 2 rings (SSSR count). The predicted molar refractivity (Wildman–Crippen MR) is 77.2 cm³/mol. The molecule has 0 aromatic heterocycles. The molecule has 2 heteroatoms. The summed E-state index contributed by atoms with van der Waals surface area (Å²) in [5.41, 5.74) is 4.36. The second-order valence-electron chi connectivity index (χ2n) is 5.50. The lowest BCUT2D eigenvalue weighted by Gasteiger charge is -2.26. The lowest BCUT2D eigenvalue weighted by atomic mass is 9.91. The molecule has 0 radical (unpaired) electrons. The summed E-state index contributed by atoms with van der Waals surface area (Å²) in [5, 5.41) is 9.29. The molecule has 1 atom stereocenters. The van der Waals surface area contributed by atoms with Crippen LogP contribution in [0.5, 0.6) is 0 Å². The molecule has 0 saturated heterocycles. The molecule has 0 heterocycles. The van der Waals surface area contributed by atoms with E-state index >= 15 is 0 Å². The minimum atomic E-state index is 0.284. The van der Waals surface area contributed by atoms with Crippen LogP contribution in [-0.4, -0.2) is 25.3 Å². The van der Waals surface area contributed by atoms with Crippen LogP contribution < -0.4 is 4.90 Å². The Kier molecular flexibility index (Phi) is 4.65. The minimum Gasteiger partial charge on any atom is -0.396 e. The van der Waals surface area contributed by atoms with Crippen molar-refractivity contribution in [3.05, 3.63) is 29.3 Å². The Morgan fingerprint density at radius 3 is 2.61 bits per heavy atom. The first kappa shape index (κ1) is 13.4. The lowest BCUT2D eigenvalue weighted by molar-refractivity contribution is 0.225. The highest BCUT2D eigenvalue weighted by Crippen LogP contribution is 2.26. The first-order valence-corrected chi connectivity index (χ1v) is 7.18. The van der Waals surface area contributed by atoms with Crippen LogP contribution in [0.1, 0.15) is 37.3 Å². The molecule has 18 heavy (non-hydrogen) atoms. The van der Waals surface area contributed by atoms with Crippen molar-refractivity contribution in [1.29, 1.82) is 0 Å². The topological polar surface area (TPSA) is 23.5 Å². The maximum atomic E-state index is 9.29. The van der Waals surface area contributed by atoms with Crippen LogP contribution >= 0.6 is 0 Å². The van der Waals surface area contributed by atoms with E-state index in [1.807, 2.05) is 0 Å². The third kappa shape index (κ3) is 3.05. The molecule has 0 bridgehead atoms. The van der Waals surface area contributed by atoms with Gasteiger partial charge < -0.3 is 10.0 Å². The number of anilines is 1. The second-order valence-corrected chi connectivity index (χ2v) is 5.50. The van der Waals surface area contributed by atoms with Gasteiger partial charge >= 0.3 is 0 Å². The highest BCUT2D eigenvalue weighted by Gasteiger charge is 2.13. The van der Waals surface area contributed by atoms with Crippen LogP contribution in [0.15, 0.2) is 18.2 Å². The summed E-state index contributed by atoms with van der Waals surface area (Å²) in [5.74, 6) is 0.381. The van der Waals surface area contributed by atoms with Gasteiger partial charge in [0.1, 0.15) is 0 Å². The zero-order valence-electron chi connectivity index (χ0n) is 11.7. The molecule has 1 aliphatic carbocycles. The van der Waals surface area contributed by atoms with Gasteiger partial charge in [-0.3, -0.25) is 0 Å². The van der Waals surface area contributed by atoms with Crippen LogP contribution in [0.25, 0.3) is 0 Å². The van der Waals surface area contributed by atoms with Crippen molar-refractivity contribution in [2.24, 2.45) is 5.92 Å². The largest absolute Gasteiger partial charge is 0.396 e. The Hall–Kier alpha value is -1.02. The van der Waals surface area contributed by atoms with Gasteiger partial charge in [0.25, 0.3) is 0 Å². The molecule has 0 saturated carbocycles. The van der Waals surface area contributed by atoms with E-state index in [1.54, 1.807) is 0 Å². The first-order chi connectivity index (χ1) is 8.74. The molecule has 0 fully saturated rings. The van der Waals surface area contributed by atoms with Gasteiger partial charge in [-0.15, -0.1) is 0 Å². The normalized spacial score (nSPS) is 16.2. The van der Waals surface area contributed by atoms with Gasteiger partial charge in [0, 0.05) is 25.9 Å². The van der Waals surface area contributed by atoms with E-state index in [2.05, 4.69) is 37.1 Å². The average Bonchev–Trinajstić information content (AvgIpc) is 2.44. The predicted octanol–water partition coefficient (Wildman–Crippen LogP) is 3.02. The molecule has 2 nitrogen and oxygen atoms in total. The van der Waals surface area contributed by atoms with Crippen molar-refractivity contribution in [2.75, 3.05) is 25.1 Å². The molecule has 0 spiro atoms. The van der Waals surface area contributed by atoms with E-state index in [1.165, 1.54) is 42.5 Å². The fourth-order valence-electron chi connectivity index (χ4n) is 2.77. The standard InChI is InChI=1S/C16H25NO/c1-3-13(12-18)11-17(2)16-9-8-14-6-4-5-7-15(14)10-16/h8-10,13,18H,3-7,11-12H2,1-2H3. The van der Waals surface area contributed by atoms with Crippen molar-refractivity contribution in [1.82, 2.24) is 0 Å². The van der Waals surface area contributed by atoms with Gasteiger partial charge in [0.2, 0.25) is 0 Å². The molecule has 0 amide bonds. The fourth-order valence-corrected chi connectivity index (χ4v) is 2.77. The van der Waals surface area contributed by atoms with E-state index in [0.717, 1.165) is 13.0 Å². The summed E-state index contributed by atoms with van der Waals surface area (Å²) in [7, 11) is 2.13. The third-order valence-electron chi connectivity index (χ3n) is 4.14. The maximum Gasteiger partial charge on any atom is 0.0476 e. The smallest absolute Gasteiger partial charge is 0.0476 e. The van der Waals surface area contributed by atoms with Gasteiger partial charge in [-0.1, -0.05) is 13.0 Å². The molecule has 1 N–H and O–H groups in total. The van der Waals surface area contributed by atoms with Crippen LogP contribution in [-0.2, 0) is 12.8 Å². The van der Waals surface area contributed by atoms with E-state index in [-0.39, 0.29) is 6.61 Å². The SMILES string of the molecule is CCC(CO)CN(C)c1ccc2c(c1)CCCC2. The van der Waals surface area contributed by atoms with Gasteiger partial charge in [0.15, 0.2) is 0 Å². The number of benzene rings is 1. The van der Waals surface area contributed by atoms with Crippen molar-refractivity contribution >= 4 is 5.69 Å². The number of rotatable bonds is 5. The van der Waals surface area contributed by atoms with Gasteiger partial charge in [-0.05, 0) is 61.3 Å². The van der Waals surface area contributed by atoms with Crippen molar-refractivity contribution in [3.63, 3.8) is 0 Å². The van der Waals surface area contributed by atoms with E-state index in [4.69, 9.17) is 0 Å². The number of aliphatic hydroxyl groups excluding tert-OH is 1. The molecule has 0 aliphatic heterocycles. The Bertz CT molecular complexity index is 385. The first-order valence-electron chi connectivity index (χ1n) is 7.18. The average molecular weight is 247 g/mol. The van der Waals surface area contributed by atoms with E-state index in [0.29, 0.717) is 5.92 Å². The summed E-state index contributed by atoms with van der Waals surface area (Å²) >= 11 is 0. The molecule has 100 valence electrons. The Balaban J connectivity index is 2.08. The third-order valence-corrected chi connectivity index (χ3v) is 4.14. The molecular formula is C16H25NO. The van der Waals surface area contributed by atoms with E-state index in [9.17, 15) is 5.11 Å². The monoisotopic (exact) mass is 247 g/mol. The van der Waals surface area contributed by atoms with Crippen LogP contribution in [0.3, 0.4) is 0 Å². The number of hydrogen-bond acceptors (Lipinski definition) is 2. The number of fused-ring (bicyclic) bond motifs is 1. The van der Waals surface area contributed by atoms with Gasteiger partial charge in [-0.2, -0.15) is 0 Å². The molecule has 1 aliphatic rings. The van der Waals surface area contributed by atoms with Crippen molar-refractivity contribution < 1.29 is 5.11 Å². The fraction of sp³-hybridized carbons (Fsp3) is 0.625. The van der Waals surface area contributed by atoms with Gasteiger partial charge in [-0.25, -0.2) is 0 Å². The molecule has 1 aromatic rings. The zero-order valence-corrected chi connectivity index (χ0v) is 11.7. The highest BCUT2D eigenvalue weighted by molar-refractivity contribution is 5.51. The Morgan fingerprint density at radius 2 is 1.94 bits per heavy atom. The number of aryl methyl sites for hydroxylation is 2. The highest BCUT2D eigenvalue weighted by atomic mass is 16.3. The zero-order chi connectivity index (χ0) is 13.0. The lowest BCUT2D eigenvalue weighted by Crippen LogP contribution is -2.27. The Labute approximate surface area is 111 Å². The quantitative estimate of drug-likeness (QED) is 0.864. The van der Waals surface area contributed by atoms with Crippen LogP contribution in [0, 0.1) is 5.92 Å². The minimum absolute atomic E-state index is 0.284. The summed E-state index contributed by atoms with van der Waals surface area (Å²) < 4.78 is 0. The summed E-state index contributed by atoms with van der Waals surface area (Å²) in [4.78, 5) is 2.28. The second kappa shape index (κ2) is 6.24. The van der Waals surface area contributed by atoms with Gasteiger partial charge in [0.05, 0.1) is 0 Å². The van der Waals surface area contributed by atoms with E-state index < -0.39 is 0 Å². The maximum absolute atomic E-state index is 9.29. The number of hydrogen-bond donors (Lipinski definition) is 1. The summed E-state index contributed by atoms with van der Waals surface area (Å²) in [6, 6.07) is 6.87. The van der Waals surface area contributed by atoms with Crippen LogP contribution in [0.2, 0.25) is 0 Å².